The lowest BCUT2D eigenvalue weighted by atomic mass is 9.67. The third-order valence-corrected chi connectivity index (χ3v) is 8.54. The minimum Gasteiger partial charge on any atom is -0.477 e. The van der Waals surface area contributed by atoms with Gasteiger partial charge in [-0.25, -0.2) is 14.9 Å². The summed E-state index contributed by atoms with van der Waals surface area (Å²) in [7, 11) is 0. The summed E-state index contributed by atoms with van der Waals surface area (Å²) in [6, 6.07) is 20.9. The second kappa shape index (κ2) is 8.07. The van der Waals surface area contributed by atoms with Gasteiger partial charge >= 0.3 is 0 Å². The second-order valence-electron chi connectivity index (χ2n) is 10.5. The third kappa shape index (κ3) is 3.06. The van der Waals surface area contributed by atoms with Crippen LogP contribution in [0.4, 0.5) is 5.69 Å². The number of hydrogen-bond donors (Lipinski definition) is 0. The first-order valence-electron chi connectivity index (χ1n) is 12.8. The molecule has 0 radical (unpaired) electrons. The minimum atomic E-state index is -0.812. The zero-order valence-corrected chi connectivity index (χ0v) is 20.8. The van der Waals surface area contributed by atoms with E-state index < -0.39 is 23.0 Å². The quantitative estimate of drug-likeness (QED) is 0.367. The average molecular weight is 505 g/mol. The number of nitrogens with zero attached hydrogens (tertiary/aromatic N) is 4. The maximum absolute atomic E-state index is 14.0. The molecule has 7 rings (SSSR count). The van der Waals surface area contributed by atoms with Gasteiger partial charge in [-0.2, -0.15) is 5.26 Å². The summed E-state index contributed by atoms with van der Waals surface area (Å²) in [6.45, 7) is 2.21. The predicted molar refractivity (Wildman–Crippen MR) is 139 cm³/mol. The molecule has 0 spiro atoms. The van der Waals surface area contributed by atoms with Gasteiger partial charge in [-0.3, -0.25) is 9.59 Å². The standard InChI is InChI=1S/C30H24N4O4/c1-29-12-13-30(38-29,14-15-37-26-20-8-4-5-9-22(20)32-17-33-26)25-24(29)27(35)34(28(25)36)23-11-10-18-6-2-3-7-19(18)21(23)16-31/h2-11,17,24-25H,12-15H2,1H3. The molecule has 3 aliphatic rings. The van der Waals surface area contributed by atoms with Crippen LogP contribution in [0.1, 0.15) is 31.7 Å². The fraction of sp³-hybridized carbons (Fsp3) is 0.300. The van der Waals surface area contributed by atoms with Gasteiger partial charge in [0.15, 0.2) is 0 Å². The summed E-state index contributed by atoms with van der Waals surface area (Å²) in [5, 5.41) is 12.4. The summed E-state index contributed by atoms with van der Waals surface area (Å²) in [6.07, 6.45) is 3.25. The Bertz CT molecular complexity index is 1690. The molecule has 0 N–H and O–H groups in total. The van der Waals surface area contributed by atoms with Crippen LogP contribution in [0.2, 0.25) is 0 Å². The van der Waals surface area contributed by atoms with Crippen LogP contribution in [0.3, 0.4) is 0 Å². The minimum absolute atomic E-state index is 0.279. The number of aromatic nitrogens is 2. The van der Waals surface area contributed by atoms with Crippen molar-refractivity contribution >= 4 is 39.2 Å². The van der Waals surface area contributed by atoms with E-state index in [4.69, 9.17) is 9.47 Å². The molecule has 3 fully saturated rings. The first-order chi connectivity index (χ1) is 18.5. The lowest BCUT2D eigenvalue weighted by Gasteiger charge is -2.31. The molecule has 3 saturated heterocycles. The largest absolute Gasteiger partial charge is 0.477 e. The smallest absolute Gasteiger partial charge is 0.240 e. The van der Waals surface area contributed by atoms with Gasteiger partial charge in [-0.15, -0.1) is 0 Å². The topological polar surface area (TPSA) is 105 Å². The summed E-state index contributed by atoms with van der Waals surface area (Å²) in [5.41, 5.74) is -0.0870. The predicted octanol–water partition coefficient (Wildman–Crippen LogP) is 4.55. The number of para-hydroxylation sites is 1. The average Bonchev–Trinajstić information content (AvgIpc) is 3.52. The molecular weight excluding hydrogens is 480 g/mol. The van der Waals surface area contributed by atoms with Crippen molar-refractivity contribution in [3.8, 4) is 11.9 Å². The first-order valence-corrected chi connectivity index (χ1v) is 12.8. The monoisotopic (exact) mass is 504 g/mol. The van der Waals surface area contributed by atoms with E-state index in [0.29, 0.717) is 36.4 Å². The van der Waals surface area contributed by atoms with Crippen molar-refractivity contribution in [2.24, 2.45) is 11.8 Å². The molecule has 3 aromatic carbocycles. The normalized spacial score (nSPS) is 27.7. The molecule has 2 amide bonds. The van der Waals surface area contributed by atoms with Gasteiger partial charge in [0, 0.05) is 11.8 Å². The summed E-state index contributed by atoms with van der Waals surface area (Å²) in [5.74, 6) is -1.34. The van der Waals surface area contributed by atoms with Crippen LogP contribution in [0.25, 0.3) is 21.7 Å². The van der Waals surface area contributed by atoms with E-state index >= 15 is 0 Å². The van der Waals surface area contributed by atoms with Gasteiger partial charge in [-0.05, 0) is 43.4 Å². The zero-order valence-electron chi connectivity index (χ0n) is 20.8. The Kier molecular flexibility index (Phi) is 4.85. The van der Waals surface area contributed by atoms with Crippen LogP contribution in [-0.2, 0) is 14.3 Å². The number of nitriles is 1. The molecule has 0 saturated carbocycles. The van der Waals surface area contributed by atoms with Crippen molar-refractivity contribution in [1.29, 1.82) is 5.26 Å². The van der Waals surface area contributed by atoms with Gasteiger partial charge in [0.2, 0.25) is 17.7 Å². The van der Waals surface area contributed by atoms with Crippen LogP contribution in [-0.4, -0.2) is 39.6 Å². The van der Waals surface area contributed by atoms with E-state index in [0.717, 1.165) is 21.7 Å². The van der Waals surface area contributed by atoms with E-state index in [-0.39, 0.29) is 18.4 Å². The summed E-state index contributed by atoms with van der Waals surface area (Å²) < 4.78 is 12.6. The van der Waals surface area contributed by atoms with Crippen LogP contribution in [0.15, 0.2) is 67.0 Å². The highest BCUT2D eigenvalue weighted by Crippen LogP contribution is 2.62. The van der Waals surface area contributed by atoms with E-state index in [2.05, 4.69) is 16.0 Å². The van der Waals surface area contributed by atoms with Crippen molar-refractivity contribution < 1.29 is 19.1 Å². The molecule has 8 heteroatoms. The van der Waals surface area contributed by atoms with Crippen LogP contribution in [0, 0.1) is 23.2 Å². The number of anilines is 1. The van der Waals surface area contributed by atoms with Crippen LogP contribution >= 0.6 is 0 Å². The molecule has 4 aromatic rings. The van der Waals surface area contributed by atoms with E-state index in [9.17, 15) is 14.9 Å². The van der Waals surface area contributed by atoms with Gasteiger partial charge < -0.3 is 9.47 Å². The summed E-state index contributed by atoms with van der Waals surface area (Å²) >= 11 is 0. The lowest BCUT2D eigenvalue weighted by Crippen LogP contribution is -2.43. The Morgan fingerprint density at radius 3 is 2.61 bits per heavy atom. The molecule has 188 valence electrons. The molecule has 0 aliphatic carbocycles. The van der Waals surface area contributed by atoms with Crippen molar-refractivity contribution in [2.75, 3.05) is 11.5 Å². The van der Waals surface area contributed by atoms with Gasteiger partial charge in [0.1, 0.15) is 12.4 Å². The van der Waals surface area contributed by atoms with Gasteiger partial charge in [-0.1, -0.05) is 42.5 Å². The first kappa shape index (κ1) is 22.8. The highest BCUT2D eigenvalue weighted by Gasteiger charge is 2.74. The Morgan fingerprint density at radius 2 is 1.76 bits per heavy atom. The Labute approximate surface area is 218 Å². The van der Waals surface area contributed by atoms with E-state index in [1.807, 2.05) is 61.5 Å². The summed E-state index contributed by atoms with van der Waals surface area (Å²) in [4.78, 5) is 37.7. The number of rotatable bonds is 5. The maximum Gasteiger partial charge on any atom is 0.240 e. The lowest BCUT2D eigenvalue weighted by molar-refractivity contribution is -0.131. The highest BCUT2D eigenvalue weighted by atomic mass is 16.5. The fourth-order valence-electron chi connectivity index (χ4n) is 6.83. The Morgan fingerprint density at radius 1 is 1.00 bits per heavy atom. The molecule has 2 bridgehead atoms. The fourth-order valence-corrected chi connectivity index (χ4v) is 6.83. The van der Waals surface area contributed by atoms with Crippen molar-refractivity contribution in [1.82, 2.24) is 9.97 Å². The molecule has 4 unspecified atom stereocenters. The molecule has 8 nitrogen and oxygen atoms in total. The number of fused-ring (bicyclic) bond motifs is 7. The van der Waals surface area contributed by atoms with Crippen LogP contribution < -0.4 is 9.64 Å². The van der Waals surface area contributed by atoms with Crippen molar-refractivity contribution in [3.05, 3.63) is 72.6 Å². The number of hydrogen-bond acceptors (Lipinski definition) is 7. The number of carbonyl (C=O) groups is 2. The number of imide groups is 1. The molecule has 1 aromatic heterocycles. The SMILES string of the molecule is CC12CCC(CCOc3ncnc4ccccc34)(O1)C1C(=O)N(c3ccc4ccccc4c3C#N)C(=O)C12. The zero-order chi connectivity index (χ0) is 26.1. The highest BCUT2D eigenvalue weighted by molar-refractivity contribution is 6.24. The van der Waals surface area contributed by atoms with Crippen molar-refractivity contribution in [3.63, 3.8) is 0 Å². The molecule has 4 atom stereocenters. The molecule has 4 heterocycles. The van der Waals surface area contributed by atoms with E-state index in [1.165, 1.54) is 11.2 Å². The van der Waals surface area contributed by atoms with Crippen LogP contribution in [0.5, 0.6) is 5.88 Å². The number of benzene rings is 3. The maximum atomic E-state index is 14.0. The van der Waals surface area contributed by atoms with Gasteiger partial charge in [0.25, 0.3) is 0 Å². The number of carbonyl (C=O) groups excluding carboxylic acids is 2. The number of ether oxygens (including phenoxy) is 2. The van der Waals surface area contributed by atoms with E-state index in [1.54, 1.807) is 6.07 Å². The Hall–Kier alpha value is -4.35. The third-order valence-electron chi connectivity index (χ3n) is 8.54. The van der Waals surface area contributed by atoms with Gasteiger partial charge in [0.05, 0.1) is 51.8 Å². The molecular formula is C30H24N4O4. The second-order valence-corrected chi connectivity index (χ2v) is 10.5. The van der Waals surface area contributed by atoms with Crippen molar-refractivity contribution in [2.45, 2.75) is 37.4 Å². The number of amides is 2. The molecule has 3 aliphatic heterocycles. The Balaban J connectivity index is 1.21. The molecule has 38 heavy (non-hydrogen) atoms.